The first-order valence-electron chi connectivity index (χ1n) is 6.66. The molecule has 0 bridgehead atoms. The van der Waals surface area contributed by atoms with Crippen LogP contribution in [0.25, 0.3) is 0 Å². The molecule has 0 saturated carbocycles. The number of rotatable bonds is 6. The van der Waals surface area contributed by atoms with Crippen molar-refractivity contribution < 1.29 is 14.5 Å². The summed E-state index contributed by atoms with van der Waals surface area (Å²) in [6.07, 6.45) is 1.47. The molecule has 8 heteroatoms. The maximum atomic E-state index is 12.3. The highest BCUT2D eigenvalue weighted by Gasteiger charge is 2.44. The highest BCUT2D eigenvalue weighted by molar-refractivity contribution is 5.84. The van der Waals surface area contributed by atoms with Crippen LogP contribution in [0.5, 0.6) is 0 Å². The molecular weight excluding hydrogens is 276 g/mol. The molecule has 1 aromatic heterocycles. The number of nitrogens with zero attached hydrogens (tertiary/aromatic N) is 3. The second kappa shape index (κ2) is 6.47. The van der Waals surface area contributed by atoms with Gasteiger partial charge in [-0.05, 0) is 26.2 Å². The quantitative estimate of drug-likeness (QED) is 0.482. The van der Waals surface area contributed by atoms with Gasteiger partial charge in [-0.3, -0.25) is 14.9 Å². The van der Waals surface area contributed by atoms with Crippen molar-refractivity contribution in [1.82, 2.24) is 9.97 Å². The Balaban J connectivity index is 3.50. The smallest absolute Gasteiger partial charge is 0.333 e. The number of carbonyl (C=O) groups is 1. The predicted octanol–water partition coefficient (Wildman–Crippen LogP) is 1.83. The fraction of sp³-hybridized carbons (Fsp3) is 0.615. The van der Waals surface area contributed by atoms with Crippen molar-refractivity contribution in [3.05, 3.63) is 22.1 Å². The van der Waals surface area contributed by atoms with E-state index in [-0.39, 0.29) is 24.0 Å². The topological polar surface area (TPSA) is 121 Å². The Hall–Kier alpha value is -2.25. The van der Waals surface area contributed by atoms with Crippen molar-refractivity contribution in [3.8, 4) is 0 Å². The van der Waals surface area contributed by atoms with Crippen LogP contribution in [-0.2, 0) is 14.9 Å². The van der Waals surface area contributed by atoms with Crippen LogP contribution in [0.2, 0.25) is 0 Å². The van der Waals surface area contributed by atoms with Crippen LogP contribution >= 0.6 is 0 Å². The molecule has 1 heterocycles. The van der Waals surface area contributed by atoms with Crippen LogP contribution in [0.15, 0.2) is 6.33 Å². The van der Waals surface area contributed by atoms with E-state index in [1.165, 1.54) is 0 Å². The molecule has 0 aromatic carbocycles. The molecule has 1 aromatic rings. The zero-order valence-electron chi connectivity index (χ0n) is 12.6. The first kappa shape index (κ1) is 16.8. The molecule has 1 atom stereocenters. The summed E-state index contributed by atoms with van der Waals surface area (Å²) < 4.78 is 5.07. The molecule has 116 valence electrons. The number of aromatic nitrogens is 2. The second-order valence-corrected chi connectivity index (χ2v) is 5.36. The molecule has 0 radical (unpaired) electrons. The Labute approximate surface area is 122 Å². The fourth-order valence-electron chi connectivity index (χ4n) is 2.36. The summed E-state index contributed by atoms with van der Waals surface area (Å²) in [5, 5.41) is 11.2. The minimum atomic E-state index is -1.25. The number of ether oxygens (including phenoxy) is 1. The van der Waals surface area contributed by atoms with Crippen molar-refractivity contribution in [2.45, 2.75) is 39.5 Å². The molecule has 0 saturated heterocycles. The van der Waals surface area contributed by atoms with Crippen molar-refractivity contribution in [3.63, 3.8) is 0 Å². The summed E-state index contributed by atoms with van der Waals surface area (Å²) >= 11 is 0. The summed E-state index contributed by atoms with van der Waals surface area (Å²) in [4.78, 5) is 30.5. The van der Waals surface area contributed by atoms with E-state index in [9.17, 15) is 14.9 Å². The molecule has 2 N–H and O–H groups in total. The van der Waals surface area contributed by atoms with Gasteiger partial charge < -0.3 is 10.5 Å². The standard InChI is InChI=1S/C13H20N4O4/c1-5-21-12(18)13(4,6-8(2)3)10-9(17(19)20)11(14)16-7-15-10/h7-8H,5-6H2,1-4H3,(H2,14,15,16). The highest BCUT2D eigenvalue weighted by Crippen LogP contribution is 2.38. The van der Waals surface area contributed by atoms with E-state index in [1.54, 1.807) is 13.8 Å². The van der Waals surface area contributed by atoms with Crippen LogP contribution < -0.4 is 5.73 Å². The van der Waals surface area contributed by atoms with E-state index < -0.39 is 22.0 Å². The third-order valence-electron chi connectivity index (χ3n) is 3.10. The van der Waals surface area contributed by atoms with Gasteiger partial charge in [0.25, 0.3) is 0 Å². The fourth-order valence-corrected chi connectivity index (χ4v) is 2.36. The number of nitro groups is 1. The van der Waals surface area contributed by atoms with Gasteiger partial charge in [-0.1, -0.05) is 13.8 Å². The first-order chi connectivity index (χ1) is 9.74. The molecule has 1 rings (SSSR count). The summed E-state index contributed by atoms with van der Waals surface area (Å²) in [7, 11) is 0. The second-order valence-electron chi connectivity index (χ2n) is 5.36. The summed E-state index contributed by atoms with van der Waals surface area (Å²) in [6.45, 7) is 7.26. The molecule has 0 fully saturated rings. The van der Waals surface area contributed by atoms with E-state index in [2.05, 4.69) is 9.97 Å². The van der Waals surface area contributed by atoms with Gasteiger partial charge in [0.1, 0.15) is 17.4 Å². The van der Waals surface area contributed by atoms with Crippen LogP contribution in [0.3, 0.4) is 0 Å². The Morgan fingerprint density at radius 2 is 2.14 bits per heavy atom. The molecule has 8 nitrogen and oxygen atoms in total. The van der Waals surface area contributed by atoms with Gasteiger partial charge in [-0.25, -0.2) is 9.97 Å². The lowest BCUT2D eigenvalue weighted by molar-refractivity contribution is -0.385. The normalized spacial score (nSPS) is 13.8. The number of anilines is 1. The molecular formula is C13H20N4O4. The Kier molecular flexibility index (Phi) is 5.17. The molecule has 0 spiro atoms. The van der Waals surface area contributed by atoms with Gasteiger partial charge in [0.05, 0.1) is 11.5 Å². The predicted molar refractivity (Wildman–Crippen MR) is 76.5 cm³/mol. The van der Waals surface area contributed by atoms with Gasteiger partial charge in [0.15, 0.2) is 0 Å². The largest absolute Gasteiger partial charge is 0.465 e. The average molecular weight is 296 g/mol. The zero-order valence-corrected chi connectivity index (χ0v) is 12.6. The lowest BCUT2D eigenvalue weighted by atomic mass is 9.78. The summed E-state index contributed by atoms with van der Waals surface area (Å²) in [5.74, 6) is -0.709. The Bertz CT molecular complexity index is 547. The molecule has 21 heavy (non-hydrogen) atoms. The van der Waals surface area contributed by atoms with E-state index in [0.717, 1.165) is 6.33 Å². The van der Waals surface area contributed by atoms with E-state index in [1.807, 2.05) is 13.8 Å². The summed E-state index contributed by atoms with van der Waals surface area (Å²) in [6, 6.07) is 0. The zero-order chi connectivity index (χ0) is 16.2. The number of carbonyl (C=O) groups excluding carboxylic acids is 1. The van der Waals surface area contributed by atoms with E-state index in [0.29, 0.717) is 6.42 Å². The summed E-state index contributed by atoms with van der Waals surface area (Å²) in [5.41, 5.74) is 3.89. The van der Waals surface area contributed by atoms with Gasteiger partial charge in [0.2, 0.25) is 5.82 Å². The lowest BCUT2D eigenvalue weighted by Crippen LogP contribution is -2.37. The maximum absolute atomic E-state index is 12.3. The van der Waals surface area contributed by atoms with E-state index >= 15 is 0 Å². The van der Waals surface area contributed by atoms with Crippen molar-refractivity contribution in [2.24, 2.45) is 5.92 Å². The monoisotopic (exact) mass is 296 g/mol. The van der Waals surface area contributed by atoms with Crippen LogP contribution in [0.1, 0.15) is 39.8 Å². The van der Waals surface area contributed by atoms with Crippen LogP contribution in [0.4, 0.5) is 11.5 Å². The highest BCUT2D eigenvalue weighted by atomic mass is 16.6. The number of hydrogen-bond acceptors (Lipinski definition) is 7. The van der Waals surface area contributed by atoms with Gasteiger partial charge in [-0.2, -0.15) is 0 Å². The molecule has 1 unspecified atom stereocenters. The molecule has 0 amide bonds. The van der Waals surface area contributed by atoms with Gasteiger partial charge >= 0.3 is 11.7 Å². The molecule has 0 aliphatic heterocycles. The average Bonchev–Trinajstić information content (AvgIpc) is 2.37. The number of esters is 1. The van der Waals surface area contributed by atoms with Gasteiger partial charge in [-0.15, -0.1) is 0 Å². The number of hydrogen-bond donors (Lipinski definition) is 1. The van der Waals surface area contributed by atoms with Crippen molar-refractivity contribution in [1.29, 1.82) is 0 Å². The third kappa shape index (κ3) is 3.45. The van der Waals surface area contributed by atoms with Crippen LogP contribution in [0, 0.1) is 16.0 Å². The maximum Gasteiger partial charge on any atom is 0.333 e. The van der Waals surface area contributed by atoms with Gasteiger partial charge in [0, 0.05) is 0 Å². The SMILES string of the molecule is CCOC(=O)C(C)(CC(C)C)c1ncnc(N)c1[N+](=O)[O-]. The Morgan fingerprint density at radius 3 is 2.62 bits per heavy atom. The van der Waals surface area contributed by atoms with Crippen molar-refractivity contribution in [2.75, 3.05) is 12.3 Å². The van der Waals surface area contributed by atoms with Crippen LogP contribution in [-0.4, -0.2) is 27.5 Å². The first-order valence-corrected chi connectivity index (χ1v) is 6.66. The Morgan fingerprint density at radius 1 is 1.52 bits per heavy atom. The minimum Gasteiger partial charge on any atom is -0.465 e. The molecule has 0 aliphatic rings. The lowest BCUT2D eigenvalue weighted by Gasteiger charge is -2.28. The molecule has 0 aliphatic carbocycles. The number of nitrogen functional groups attached to an aromatic ring is 1. The van der Waals surface area contributed by atoms with E-state index in [4.69, 9.17) is 10.5 Å². The third-order valence-corrected chi connectivity index (χ3v) is 3.10. The minimum absolute atomic E-state index is 0.00727. The number of nitrogens with two attached hydrogens (primary N) is 1. The van der Waals surface area contributed by atoms with Crippen molar-refractivity contribution >= 4 is 17.5 Å².